The summed E-state index contributed by atoms with van der Waals surface area (Å²) in [6, 6.07) is 5.63. The summed E-state index contributed by atoms with van der Waals surface area (Å²) in [6.07, 6.45) is 3.74. The molecule has 3 rings (SSSR count). The van der Waals surface area contributed by atoms with Gasteiger partial charge in [0, 0.05) is 18.3 Å². The Morgan fingerprint density at radius 2 is 2.24 bits per heavy atom. The van der Waals surface area contributed by atoms with Gasteiger partial charge in [0.15, 0.2) is 0 Å². The minimum Gasteiger partial charge on any atom is -0.308 e. The van der Waals surface area contributed by atoms with Crippen molar-refractivity contribution in [3.8, 4) is 0 Å². The Hall–Kier alpha value is -2.50. The van der Waals surface area contributed by atoms with Crippen LogP contribution in [0.4, 0.5) is 0 Å². The number of fused-ring (bicyclic) bond motifs is 1. The average molecular weight is 227 g/mol. The van der Waals surface area contributed by atoms with Crippen molar-refractivity contribution in [3.05, 3.63) is 52.5 Å². The fraction of sp³-hybridized carbons (Fsp3) is 0.0909. The molecule has 0 aliphatic carbocycles. The van der Waals surface area contributed by atoms with Gasteiger partial charge in [0.2, 0.25) is 0 Å². The zero-order chi connectivity index (χ0) is 11.7. The number of pyridine rings is 1. The van der Waals surface area contributed by atoms with Crippen molar-refractivity contribution in [3.63, 3.8) is 0 Å². The first-order chi connectivity index (χ1) is 8.33. The monoisotopic (exact) mass is 227 g/mol. The number of H-pyrrole nitrogens is 2. The Kier molecular flexibility index (Phi) is 2.18. The van der Waals surface area contributed by atoms with Crippen molar-refractivity contribution in [2.24, 2.45) is 0 Å². The van der Waals surface area contributed by atoms with Crippen LogP contribution in [0.1, 0.15) is 11.5 Å². The molecule has 0 saturated heterocycles. The molecule has 0 radical (unpaired) electrons. The highest BCUT2D eigenvalue weighted by Gasteiger charge is 2.06. The van der Waals surface area contributed by atoms with Crippen LogP contribution in [0.2, 0.25) is 0 Å². The molecule has 0 aliphatic heterocycles. The predicted octanol–water partition coefficient (Wildman–Crippen LogP) is 0.632. The van der Waals surface area contributed by atoms with Gasteiger partial charge >= 0.3 is 0 Å². The van der Waals surface area contributed by atoms with E-state index < -0.39 is 0 Å². The molecule has 3 aromatic rings. The van der Waals surface area contributed by atoms with Gasteiger partial charge < -0.3 is 4.98 Å². The highest BCUT2D eigenvalue weighted by Crippen LogP contribution is 2.04. The number of rotatable bonds is 2. The van der Waals surface area contributed by atoms with Gasteiger partial charge in [-0.3, -0.25) is 14.9 Å². The maximum Gasteiger partial charge on any atom is 0.276 e. The van der Waals surface area contributed by atoms with E-state index in [-0.39, 0.29) is 5.56 Å². The summed E-state index contributed by atoms with van der Waals surface area (Å²) < 4.78 is 0. The van der Waals surface area contributed by atoms with Gasteiger partial charge in [-0.25, -0.2) is 4.98 Å². The SMILES string of the molecule is O=c1[nH]c(Cc2ccccn2)nc2cn[nH]c12. The second-order valence-electron chi connectivity index (χ2n) is 3.64. The molecule has 0 bridgehead atoms. The van der Waals surface area contributed by atoms with E-state index in [1.807, 2.05) is 18.2 Å². The summed E-state index contributed by atoms with van der Waals surface area (Å²) in [5.41, 5.74) is 1.62. The van der Waals surface area contributed by atoms with Gasteiger partial charge in [-0.2, -0.15) is 5.10 Å². The third-order valence-electron chi connectivity index (χ3n) is 2.43. The normalized spacial score (nSPS) is 10.8. The summed E-state index contributed by atoms with van der Waals surface area (Å²) in [4.78, 5) is 22.9. The molecule has 0 fully saturated rings. The summed E-state index contributed by atoms with van der Waals surface area (Å²) in [6.45, 7) is 0. The molecule has 0 unspecified atom stereocenters. The van der Waals surface area contributed by atoms with E-state index in [0.29, 0.717) is 23.3 Å². The lowest BCUT2D eigenvalue weighted by Gasteiger charge is -1.99. The van der Waals surface area contributed by atoms with Crippen LogP contribution >= 0.6 is 0 Å². The first-order valence-corrected chi connectivity index (χ1v) is 5.15. The minimum absolute atomic E-state index is 0.210. The van der Waals surface area contributed by atoms with Crippen LogP contribution in [0, 0.1) is 0 Å². The molecule has 3 heterocycles. The topological polar surface area (TPSA) is 87.3 Å². The van der Waals surface area contributed by atoms with Crippen molar-refractivity contribution in [2.45, 2.75) is 6.42 Å². The van der Waals surface area contributed by atoms with E-state index in [0.717, 1.165) is 5.69 Å². The lowest BCUT2D eigenvalue weighted by molar-refractivity contribution is 0.938. The Morgan fingerprint density at radius 3 is 3.06 bits per heavy atom. The summed E-state index contributed by atoms with van der Waals surface area (Å²) >= 11 is 0. The van der Waals surface area contributed by atoms with Gasteiger partial charge in [0.1, 0.15) is 16.9 Å². The van der Waals surface area contributed by atoms with E-state index >= 15 is 0 Å². The van der Waals surface area contributed by atoms with E-state index in [4.69, 9.17) is 0 Å². The van der Waals surface area contributed by atoms with Crippen LogP contribution in [-0.2, 0) is 6.42 Å². The Morgan fingerprint density at radius 1 is 1.29 bits per heavy atom. The molecular formula is C11H9N5O. The second-order valence-corrected chi connectivity index (χ2v) is 3.64. The first kappa shape index (κ1) is 9.71. The number of nitrogens with zero attached hydrogens (tertiary/aromatic N) is 3. The fourth-order valence-corrected chi connectivity index (χ4v) is 1.66. The Labute approximate surface area is 95.8 Å². The molecule has 0 amide bonds. The van der Waals surface area contributed by atoms with Gasteiger partial charge in [-0.1, -0.05) is 6.07 Å². The summed E-state index contributed by atoms with van der Waals surface area (Å²) in [7, 11) is 0. The number of aromatic amines is 2. The molecule has 84 valence electrons. The molecule has 0 saturated carbocycles. The molecule has 0 aliphatic rings. The van der Waals surface area contributed by atoms with Crippen LogP contribution in [-0.4, -0.2) is 25.1 Å². The predicted molar refractivity (Wildman–Crippen MR) is 61.6 cm³/mol. The van der Waals surface area contributed by atoms with Crippen LogP contribution in [0.3, 0.4) is 0 Å². The smallest absolute Gasteiger partial charge is 0.276 e. The molecule has 3 aromatic heterocycles. The zero-order valence-corrected chi connectivity index (χ0v) is 8.84. The lowest BCUT2D eigenvalue weighted by Crippen LogP contribution is -2.12. The lowest BCUT2D eigenvalue weighted by atomic mass is 10.2. The third kappa shape index (κ3) is 1.80. The Balaban J connectivity index is 2.04. The van der Waals surface area contributed by atoms with Crippen LogP contribution in [0.15, 0.2) is 35.4 Å². The summed E-state index contributed by atoms with van der Waals surface area (Å²) in [5.74, 6) is 0.586. The quantitative estimate of drug-likeness (QED) is 0.672. The highest BCUT2D eigenvalue weighted by atomic mass is 16.1. The molecule has 0 aromatic carbocycles. The molecule has 0 atom stereocenters. The van der Waals surface area contributed by atoms with Crippen LogP contribution in [0.25, 0.3) is 11.0 Å². The maximum absolute atomic E-state index is 11.7. The van der Waals surface area contributed by atoms with Crippen molar-refractivity contribution in [2.75, 3.05) is 0 Å². The maximum atomic E-state index is 11.7. The largest absolute Gasteiger partial charge is 0.308 e. The molecule has 6 heteroatoms. The van der Waals surface area contributed by atoms with Crippen LogP contribution in [0.5, 0.6) is 0 Å². The van der Waals surface area contributed by atoms with E-state index in [9.17, 15) is 4.79 Å². The summed E-state index contributed by atoms with van der Waals surface area (Å²) in [5, 5.41) is 6.39. The molecule has 17 heavy (non-hydrogen) atoms. The van der Waals surface area contributed by atoms with Crippen molar-refractivity contribution < 1.29 is 0 Å². The Bertz CT molecular complexity index is 700. The molecule has 6 nitrogen and oxygen atoms in total. The minimum atomic E-state index is -0.210. The standard InChI is InChI=1S/C11H9N5O/c17-11-10-8(6-13-16-10)14-9(15-11)5-7-3-1-2-4-12-7/h1-4,6H,5H2,(H,13,16)(H,14,15,17). The van der Waals surface area contributed by atoms with Gasteiger partial charge in [0.05, 0.1) is 6.20 Å². The van der Waals surface area contributed by atoms with Crippen molar-refractivity contribution in [1.82, 2.24) is 25.1 Å². The fourth-order valence-electron chi connectivity index (χ4n) is 1.66. The van der Waals surface area contributed by atoms with Gasteiger partial charge in [-0.15, -0.1) is 0 Å². The van der Waals surface area contributed by atoms with Gasteiger partial charge in [0.25, 0.3) is 5.56 Å². The third-order valence-corrected chi connectivity index (χ3v) is 2.43. The number of hydrogen-bond donors (Lipinski definition) is 2. The van der Waals surface area contributed by atoms with Gasteiger partial charge in [-0.05, 0) is 12.1 Å². The number of aromatic nitrogens is 5. The van der Waals surface area contributed by atoms with Crippen LogP contribution < -0.4 is 5.56 Å². The molecular weight excluding hydrogens is 218 g/mol. The highest BCUT2D eigenvalue weighted by molar-refractivity contribution is 5.71. The zero-order valence-electron chi connectivity index (χ0n) is 8.84. The molecule has 0 spiro atoms. The average Bonchev–Trinajstić information content (AvgIpc) is 2.79. The van der Waals surface area contributed by atoms with E-state index in [1.165, 1.54) is 6.20 Å². The van der Waals surface area contributed by atoms with E-state index in [2.05, 4.69) is 25.1 Å². The molecule has 2 N–H and O–H groups in total. The van der Waals surface area contributed by atoms with Crippen molar-refractivity contribution in [1.29, 1.82) is 0 Å². The number of nitrogens with one attached hydrogen (secondary N) is 2. The first-order valence-electron chi connectivity index (χ1n) is 5.15. The second kappa shape index (κ2) is 3.82. The number of hydrogen-bond acceptors (Lipinski definition) is 4. The van der Waals surface area contributed by atoms with Crippen molar-refractivity contribution >= 4 is 11.0 Å². The van der Waals surface area contributed by atoms with E-state index in [1.54, 1.807) is 6.20 Å².